The van der Waals surface area contributed by atoms with Gasteiger partial charge in [-0.2, -0.15) is 0 Å². The molecule has 5 rings (SSSR count). The van der Waals surface area contributed by atoms with E-state index in [4.69, 9.17) is 14.5 Å². The lowest BCUT2D eigenvalue weighted by atomic mass is 9.73. The topological polar surface area (TPSA) is 43.4 Å². The lowest BCUT2D eigenvalue weighted by molar-refractivity contribution is 0.182. The highest BCUT2D eigenvalue weighted by Gasteiger charge is 2.43. The van der Waals surface area contributed by atoms with Crippen LogP contribution in [0, 0.1) is 5.92 Å². The first-order valence-corrected chi connectivity index (χ1v) is 8.93. The molecule has 0 spiro atoms. The number of ether oxygens (including phenoxy) is 2. The monoisotopic (exact) mass is 344 g/mol. The standard InChI is InChI=1S/C22H20N2O2/c1-25-19-12-11-17-22(24-19)20(14-7-3-2-4-8-14)16-13-26-18-10-6-5-9-15(18)21(16)23-17/h2-12,16,20-21,23H,13H2,1H3/t16-,20-,21+/m0/s1. The number of hydrogen-bond donors (Lipinski definition) is 1. The summed E-state index contributed by atoms with van der Waals surface area (Å²) in [5.74, 6) is 2.03. The molecule has 1 N–H and O–H groups in total. The summed E-state index contributed by atoms with van der Waals surface area (Å²) in [4.78, 5) is 4.80. The molecule has 0 unspecified atom stereocenters. The molecule has 130 valence electrons. The second-order valence-electron chi connectivity index (χ2n) is 6.81. The van der Waals surface area contributed by atoms with Crippen molar-refractivity contribution >= 4 is 5.69 Å². The average molecular weight is 344 g/mol. The Morgan fingerprint density at radius 1 is 1.00 bits per heavy atom. The molecule has 2 aliphatic heterocycles. The van der Waals surface area contributed by atoms with Gasteiger partial charge in [0.2, 0.25) is 5.88 Å². The number of benzene rings is 2. The Balaban J connectivity index is 1.69. The van der Waals surface area contributed by atoms with E-state index in [1.165, 1.54) is 11.1 Å². The number of para-hydroxylation sites is 1. The Hall–Kier alpha value is -3.01. The van der Waals surface area contributed by atoms with Gasteiger partial charge in [-0.1, -0.05) is 48.5 Å². The van der Waals surface area contributed by atoms with E-state index >= 15 is 0 Å². The van der Waals surface area contributed by atoms with Crippen molar-refractivity contribution in [1.29, 1.82) is 0 Å². The summed E-state index contributed by atoms with van der Waals surface area (Å²) in [6, 6.07) is 23.1. The Labute approximate surface area is 152 Å². The number of pyridine rings is 1. The predicted molar refractivity (Wildman–Crippen MR) is 101 cm³/mol. The third-order valence-electron chi connectivity index (χ3n) is 5.41. The molecule has 1 aromatic heterocycles. The summed E-state index contributed by atoms with van der Waals surface area (Å²) >= 11 is 0. The molecule has 0 amide bonds. The molecule has 0 saturated carbocycles. The van der Waals surface area contributed by atoms with E-state index in [0.717, 1.165) is 17.1 Å². The van der Waals surface area contributed by atoms with E-state index in [1.54, 1.807) is 7.11 Å². The Bertz CT molecular complexity index is 942. The maximum atomic E-state index is 6.12. The van der Waals surface area contributed by atoms with Crippen LogP contribution in [0.1, 0.15) is 28.8 Å². The number of hydrogen-bond acceptors (Lipinski definition) is 4. The minimum Gasteiger partial charge on any atom is -0.493 e. The first-order valence-electron chi connectivity index (χ1n) is 8.93. The van der Waals surface area contributed by atoms with Crippen LogP contribution in [0.4, 0.5) is 5.69 Å². The fourth-order valence-corrected chi connectivity index (χ4v) is 4.22. The van der Waals surface area contributed by atoms with Gasteiger partial charge in [0.05, 0.1) is 31.1 Å². The van der Waals surface area contributed by atoms with Crippen molar-refractivity contribution in [2.75, 3.05) is 19.0 Å². The molecule has 0 bridgehead atoms. The summed E-state index contributed by atoms with van der Waals surface area (Å²) < 4.78 is 11.5. The lowest BCUT2D eigenvalue weighted by Crippen LogP contribution is -2.39. The highest BCUT2D eigenvalue weighted by molar-refractivity contribution is 5.60. The second-order valence-corrected chi connectivity index (χ2v) is 6.81. The van der Waals surface area contributed by atoms with Gasteiger partial charge in [-0.25, -0.2) is 4.98 Å². The first kappa shape index (κ1) is 15.3. The summed E-state index contributed by atoms with van der Waals surface area (Å²) in [5.41, 5.74) is 4.57. The van der Waals surface area contributed by atoms with Crippen LogP contribution in [0.5, 0.6) is 11.6 Å². The quantitative estimate of drug-likeness (QED) is 0.748. The molecule has 4 nitrogen and oxygen atoms in total. The van der Waals surface area contributed by atoms with Gasteiger partial charge in [0.1, 0.15) is 5.75 Å². The Kier molecular flexibility index (Phi) is 3.56. The van der Waals surface area contributed by atoms with Crippen molar-refractivity contribution in [3.8, 4) is 11.6 Å². The molecule has 2 aliphatic rings. The van der Waals surface area contributed by atoms with Crippen LogP contribution in [0.3, 0.4) is 0 Å². The number of aromatic nitrogens is 1. The van der Waals surface area contributed by atoms with E-state index in [-0.39, 0.29) is 17.9 Å². The highest BCUT2D eigenvalue weighted by atomic mass is 16.5. The first-order chi connectivity index (χ1) is 12.8. The second kappa shape index (κ2) is 6.06. The number of rotatable bonds is 2. The van der Waals surface area contributed by atoms with Crippen LogP contribution in [0.2, 0.25) is 0 Å². The molecule has 26 heavy (non-hydrogen) atoms. The van der Waals surface area contributed by atoms with Crippen LogP contribution in [-0.2, 0) is 0 Å². The molecule has 0 aliphatic carbocycles. The molecule has 0 saturated heterocycles. The molecule has 4 heteroatoms. The van der Waals surface area contributed by atoms with E-state index < -0.39 is 0 Å². The minimum atomic E-state index is 0.154. The number of fused-ring (bicyclic) bond motifs is 4. The fraction of sp³-hybridized carbons (Fsp3) is 0.227. The van der Waals surface area contributed by atoms with E-state index in [0.29, 0.717) is 12.5 Å². The van der Waals surface area contributed by atoms with Crippen molar-refractivity contribution < 1.29 is 9.47 Å². The largest absolute Gasteiger partial charge is 0.493 e. The van der Waals surface area contributed by atoms with E-state index in [9.17, 15) is 0 Å². The zero-order valence-electron chi connectivity index (χ0n) is 14.6. The van der Waals surface area contributed by atoms with Gasteiger partial charge in [-0.05, 0) is 17.7 Å². The molecule has 0 fully saturated rings. The predicted octanol–water partition coefficient (Wildman–Crippen LogP) is 4.40. The third kappa shape index (κ3) is 2.33. The Morgan fingerprint density at radius 2 is 1.81 bits per heavy atom. The fourth-order valence-electron chi connectivity index (χ4n) is 4.22. The zero-order chi connectivity index (χ0) is 17.5. The van der Waals surface area contributed by atoms with Crippen molar-refractivity contribution in [3.63, 3.8) is 0 Å². The molecule has 3 atom stereocenters. The van der Waals surface area contributed by atoms with E-state index in [2.05, 4.69) is 53.8 Å². The van der Waals surface area contributed by atoms with Crippen molar-refractivity contribution in [2.45, 2.75) is 12.0 Å². The van der Waals surface area contributed by atoms with Crippen LogP contribution in [0.15, 0.2) is 66.7 Å². The molecular formula is C22H20N2O2. The maximum absolute atomic E-state index is 6.12. The molecule has 2 aromatic carbocycles. The highest BCUT2D eigenvalue weighted by Crippen LogP contribution is 2.51. The van der Waals surface area contributed by atoms with Crippen LogP contribution >= 0.6 is 0 Å². The zero-order valence-corrected chi connectivity index (χ0v) is 14.6. The average Bonchev–Trinajstić information content (AvgIpc) is 2.72. The van der Waals surface area contributed by atoms with Crippen LogP contribution in [-0.4, -0.2) is 18.7 Å². The number of methoxy groups -OCH3 is 1. The summed E-state index contributed by atoms with van der Waals surface area (Å²) in [6.07, 6.45) is 0. The van der Waals surface area contributed by atoms with Gasteiger partial charge in [-0.15, -0.1) is 0 Å². The summed E-state index contributed by atoms with van der Waals surface area (Å²) in [5, 5.41) is 3.71. The molecule has 0 radical (unpaired) electrons. The van der Waals surface area contributed by atoms with Crippen LogP contribution in [0.25, 0.3) is 0 Å². The normalized spacial score (nSPS) is 22.9. The molecular weight excluding hydrogens is 324 g/mol. The summed E-state index contributed by atoms with van der Waals surface area (Å²) in [6.45, 7) is 0.659. The van der Waals surface area contributed by atoms with E-state index in [1.807, 2.05) is 18.2 Å². The molecule has 3 aromatic rings. The lowest BCUT2D eigenvalue weighted by Gasteiger charge is -2.43. The minimum absolute atomic E-state index is 0.154. The van der Waals surface area contributed by atoms with Gasteiger partial charge in [-0.3, -0.25) is 0 Å². The van der Waals surface area contributed by atoms with Crippen LogP contribution < -0.4 is 14.8 Å². The van der Waals surface area contributed by atoms with Crippen molar-refractivity contribution in [3.05, 3.63) is 83.6 Å². The van der Waals surface area contributed by atoms with Crippen molar-refractivity contribution in [1.82, 2.24) is 4.98 Å². The number of nitrogens with one attached hydrogen (secondary N) is 1. The van der Waals surface area contributed by atoms with Crippen molar-refractivity contribution in [2.24, 2.45) is 5.92 Å². The maximum Gasteiger partial charge on any atom is 0.213 e. The SMILES string of the molecule is COc1ccc2c(n1)[C@@H](c1ccccc1)[C@@H]1COc3ccccc3[C@H]1N2. The smallest absolute Gasteiger partial charge is 0.213 e. The molecule has 3 heterocycles. The Morgan fingerprint density at radius 3 is 2.65 bits per heavy atom. The third-order valence-corrected chi connectivity index (χ3v) is 5.41. The number of anilines is 1. The van der Waals surface area contributed by atoms with Gasteiger partial charge in [0.25, 0.3) is 0 Å². The van der Waals surface area contributed by atoms with Gasteiger partial charge in [0, 0.05) is 23.5 Å². The van der Waals surface area contributed by atoms with Gasteiger partial charge in [0.15, 0.2) is 0 Å². The van der Waals surface area contributed by atoms with Gasteiger partial charge >= 0.3 is 0 Å². The summed E-state index contributed by atoms with van der Waals surface area (Å²) in [7, 11) is 1.66. The van der Waals surface area contributed by atoms with Gasteiger partial charge < -0.3 is 14.8 Å². The number of nitrogens with zero attached hydrogens (tertiary/aromatic N) is 1.